The third-order valence-electron chi connectivity index (χ3n) is 5.30. The number of thiazole rings is 1. The molecule has 156 valence electrons. The molecule has 9 heteroatoms. The number of anilines is 1. The first kappa shape index (κ1) is 19.5. The fourth-order valence-electron chi connectivity index (χ4n) is 3.74. The monoisotopic (exact) mass is 437 g/mol. The molecule has 3 heterocycles. The number of hydrogen-bond acceptors (Lipinski definition) is 5. The van der Waals surface area contributed by atoms with E-state index in [1.54, 1.807) is 0 Å². The van der Waals surface area contributed by atoms with Crippen molar-refractivity contribution in [3.8, 4) is 0 Å². The van der Waals surface area contributed by atoms with Gasteiger partial charge in [0.2, 0.25) is 5.91 Å². The van der Waals surface area contributed by atoms with Crippen LogP contribution in [0.2, 0.25) is 0 Å². The van der Waals surface area contributed by atoms with E-state index >= 15 is 0 Å². The van der Waals surface area contributed by atoms with Gasteiger partial charge in [0, 0.05) is 29.3 Å². The minimum absolute atomic E-state index is 0.217. The van der Waals surface area contributed by atoms with Crippen LogP contribution >= 0.6 is 11.3 Å². The maximum absolute atomic E-state index is 13.4. The number of amides is 1. The normalized spacial score (nSPS) is 11.6. The average Bonchev–Trinajstić information content (AvgIpc) is 3.29. The second-order valence-corrected chi connectivity index (χ2v) is 8.35. The Balaban J connectivity index is 1.36. The van der Waals surface area contributed by atoms with E-state index in [1.165, 1.54) is 0 Å². The standard InChI is InChI=1S/C22H17F2N5OS/c1-11-13(12(2)29-21(25-11)14-5-3-4-6-17(14)28-29)7-8-20(30)27-22-26-18-9-15(23)16(24)10-19(18)31-22/h3-6,9-10H,7-8H2,1-2H3,(H,26,27,30). The number of rotatable bonds is 4. The lowest BCUT2D eigenvalue weighted by molar-refractivity contribution is -0.116. The molecule has 0 radical (unpaired) electrons. The molecule has 2 aromatic carbocycles. The molecule has 0 aliphatic carbocycles. The number of hydrogen-bond donors (Lipinski definition) is 1. The maximum atomic E-state index is 13.4. The summed E-state index contributed by atoms with van der Waals surface area (Å²) in [5.74, 6) is -2.13. The van der Waals surface area contributed by atoms with Gasteiger partial charge in [-0.3, -0.25) is 4.79 Å². The second-order valence-electron chi connectivity index (χ2n) is 7.31. The van der Waals surface area contributed by atoms with Crippen molar-refractivity contribution >= 4 is 49.1 Å². The van der Waals surface area contributed by atoms with Crippen molar-refractivity contribution in [1.82, 2.24) is 19.6 Å². The molecule has 1 N–H and O–H groups in total. The molecule has 0 bridgehead atoms. The topological polar surface area (TPSA) is 72.2 Å². The molecule has 0 spiro atoms. The zero-order valence-electron chi connectivity index (χ0n) is 16.7. The fraction of sp³-hybridized carbons (Fsp3) is 0.182. The third-order valence-corrected chi connectivity index (χ3v) is 6.23. The predicted octanol–water partition coefficient (Wildman–Crippen LogP) is 4.96. The Morgan fingerprint density at radius 3 is 2.71 bits per heavy atom. The SMILES string of the molecule is Cc1nc2c3ccccc3nn2c(C)c1CCC(=O)Nc1nc2cc(F)c(F)cc2s1. The van der Waals surface area contributed by atoms with Gasteiger partial charge < -0.3 is 5.32 Å². The molecule has 0 saturated heterocycles. The molecule has 31 heavy (non-hydrogen) atoms. The van der Waals surface area contributed by atoms with Crippen molar-refractivity contribution in [2.45, 2.75) is 26.7 Å². The molecule has 0 unspecified atom stereocenters. The lowest BCUT2D eigenvalue weighted by Gasteiger charge is -2.10. The smallest absolute Gasteiger partial charge is 0.226 e. The molecule has 5 aromatic rings. The van der Waals surface area contributed by atoms with Gasteiger partial charge in [-0.15, -0.1) is 0 Å². The molecule has 1 amide bonds. The van der Waals surface area contributed by atoms with Crippen molar-refractivity contribution < 1.29 is 13.6 Å². The van der Waals surface area contributed by atoms with Crippen LogP contribution in [0.3, 0.4) is 0 Å². The minimum Gasteiger partial charge on any atom is -0.302 e. The van der Waals surface area contributed by atoms with Gasteiger partial charge in [0.15, 0.2) is 22.4 Å². The number of carbonyl (C=O) groups excluding carboxylic acids is 1. The van der Waals surface area contributed by atoms with E-state index in [-0.39, 0.29) is 12.3 Å². The van der Waals surface area contributed by atoms with E-state index in [0.29, 0.717) is 21.8 Å². The zero-order valence-corrected chi connectivity index (χ0v) is 17.6. The Bertz CT molecular complexity index is 1450. The summed E-state index contributed by atoms with van der Waals surface area (Å²) in [6, 6.07) is 9.94. The average molecular weight is 437 g/mol. The Kier molecular flexibility index (Phi) is 4.62. The van der Waals surface area contributed by atoms with Crippen LogP contribution in [0.5, 0.6) is 0 Å². The number of benzene rings is 2. The number of nitrogens with one attached hydrogen (secondary N) is 1. The number of aromatic nitrogens is 4. The zero-order chi connectivity index (χ0) is 21.7. The Morgan fingerprint density at radius 1 is 1.10 bits per heavy atom. The highest BCUT2D eigenvalue weighted by molar-refractivity contribution is 7.22. The first-order valence-electron chi connectivity index (χ1n) is 9.69. The van der Waals surface area contributed by atoms with E-state index in [1.807, 2.05) is 42.6 Å². The van der Waals surface area contributed by atoms with Crippen molar-refractivity contribution in [3.63, 3.8) is 0 Å². The number of fused-ring (bicyclic) bond motifs is 4. The molecular weight excluding hydrogens is 420 g/mol. The van der Waals surface area contributed by atoms with Crippen LogP contribution in [0.1, 0.15) is 23.4 Å². The van der Waals surface area contributed by atoms with Gasteiger partial charge in [-0.25, -0.2) is 23.3 Å². The highest BCUT2D eigenvalue weighted by Crippen LogP contribution is 2.28. The number of halogens is 2. The Labute approximate surface area is 179 Å². The molecule has 6 nitrogen and oxygen atoms in total. The molecule has 0 aliphatic rings. The largest absolute Gasteiger partial charge is 0.302 e. The van der Waals surface area contributed by atoms with Crippen LogP contribution in [0.15, 0.2) is 36.4 Å². The highest BCUT2D eigenvalue weighted by atomic mass is 32.1. The van der Waals surface area contributed by atoms with Gasteiger partial charge in [-0.05, 0) is 44.0 Å². The molecule has 0 fully saturated rings. The number of nitrogens with zero attached hydrogens (tertiary/aromatic N) is 4. The highest BCUT2D eigenvalue weighted by Gasteiger charge is 2.16. The maximum Gasteiger partial charge on any atom is 0.226 e. The third kappa shape index (κ3) is 3.40. The van der Waals surface area contributed by atoms with Gasteiger partial charge >= 0.3 is 0 Å². The molecule has 0 aliphatic heterocycles. The van der Waals surface area contributed by atoms with Crippen LogP contribution in [-0.4, -0.2) is 25.5 Å². The molecule has 0 saturated carbocycles. The van der Waals surface area contributed by atoms with Crippen molar-refractivity contribution in [2.24, 2.45) is 0 Å². The van der Waals surface area contributed by atoms with Crippen LogP contribution in [0.4, 0.5) is 13.9 Å². The van der Waals surface area contributed by atoms with Crippen LogP contribution in [-0.2, 0) is 11.2 Å². The Hall–Kier alpha value is -3.46. The van der Waals surface area contributed by atoms with Crippen LogP contribution in [0, 0.1) is 25.5 Å². The van der Waals surface area contributed by atoms with E-state index in [2.05, 4.69) is 15.4 Å². The first-order valence-corrected chi connectivity index (χ1v) is 10.5. The summed E-state index contributed by atoms with van der Waals surface area (Å²) in [5.41, 5.74) is 4.74. The lowest BCUT2D eigenvalue weighted by Crippen LogP contribution is -2.14. The summed E-state index contributed by atoms with van der Waals surface area (Å²) in [5, 5.41) is 8.65. The van der Waals surface area contributed by atoms with Gasteiger partial charge in [-0.1, -0.05) is 23.5 Å². The number of aryl methyl sites for hydroxylation is 2. The quantitative estimate of drug-likeness (QED) is 0.431. The summed E-state index contributed by atoms with van der Waals surface area (Å²) in [7, 11) is 0. The number of carbonyl (C=O) groups is 1. The molecule has 5 rings (SSSR count). The summed E-state index contributed by atoms with van der Waals surface area (Å²) >= 11 is 1.10. The van der Waals surface area contributed by atoms with E-state index in [0.717, 1.165) is 57.0 Å². The van der Waals surface area contributed by atoms with Crippen molar-refractivity contribution in [2.75, 3.05) is 5.32 Å². The summed E-state index contributed by atoms with van der Waals surface area (Å²) in [6.45, 7) is 3.90. The fourth-order valence-corrected chi connectivity index (χ4v) is 4.62. The second kappa shape index (κ2) is 7.35. The molecule has 0 atom stereocenters. The van der Waals surface area contributed by atoms with E-state index in [4.69, 9.17) is 4.98 Å². The van der Waals surface area contributed by atoms with Crippen LogP contribution in [0.25, 0.3) is 26.8 Å². The summed E-state index contributed by atoms with van der Waals surface area (Å²) in [6.07, 6.45) is 0.700. The minimum atomic E-state index is -0.962. The first-order chi connectivity index (χ1) is 14.9. The van der Waals surface area contributed by atoms with Gasteiger partial charge in [-0.2, -0.15) is 5.10 Å². The van der Waals surface area contributed by atoms with Gasteiger partial charge in [0.1, 0.15) is 0 Å². The van der Waals surface area contributed by atoms with E-state index < -0.39 is 11.6 Å². The predicted molar refractivity (Wildman–Crippen MR) is 116 cm³/mol. The lowest BCUT2D eigenvalue weighted by atomic mass is 10.1. The Morgan fingerprint density at radius 2 is 1.87 bits per heavy atom. The van der Waals surface area contributed by atoms with Crippen molar-refractivity contribution in [1.29, 1.82) is 0 Å². The van der Waals surface area contributed by atoms with Crippen LogP contribution < -0.4 is 5.32 Å². The molecular formula is C22H17F2N5OS. The van der Waals surface area contributed by atoms with Gasteiger partial charge in [0.25, 0.3) is 0 Å². The summed E-state index contributed by atoms with van der Waals surface area (Å²) in [4.78, 5) is 21.4. The summed E-state index contributed by atoms with van der Waals surface area (Å²) < 4.78 is 29.1. The van der Waals surface area contributed by atoms with Crippen molar-refractivity contribution in [3.05, 3.63) is 65.0 Å². The van der Waals surface area contributed by atoms with Gasteiger partial charge in [0.05, 0.1) is 15.7 Å². The van der Waals surface area contributed by atoms with E-state index in [9.17, 15) is 13.6 Å². The molecule has 3 aromatic heterocycles.